The Morgan fingerprint density at radius 2 is 2.04 bits per heavy atom. The van der Waals surface area contributed by atoms with Crippen molar-refractivity contribution in [1.82, 2.24) is 10.3 Å². The number of benzene rings is 1. The summed E-state index contributed by atoms with van der Waals surface area (Å²) in [5.41, 5.74) is 13.5. The van der Waals surface area contributed by atoms with E-state index in [-0.39, 0.29) is 23.0 Å². The van der Waals surface area contributed by atoms with Crippen LogP contribution < -0.4 is 26.8 Å². The van der Waals surface area contributed by atoms with E-state index in [1.807, 2.05) is 24.3 Å². The molecule has 0 fully saturated rings. The van der Waals surface area contributed by atoms with Gasteiger partial charge in [-0.1, -0.05) is 18.2 Å². The van der Waals surface area contributed by atoms with Crippen molar-refractivity contribution in [3.05, 3.63) is 41.0 Å². The predicted molar refractivity (Wildman–Crippen MR) is 92.4 cm³/mol. The van der Waals surface area contributed by atoms with Gasteiger partial charge in [-0.2, -0.15) is 10.5 Å². The molecule has 0 amide bonds. The summed E-state index contributed by atoms with van der Waals surface area (Å²) in [6, 6.07) is 8.62. The highest BCUT2D eigenvalue weighted by Crippen LogP contribution is 2.42. The number of nitrogens with one attached hydrogen (secondary N) is 2. The summed E-state index contributed by atoms with van der Waals surface area (Å²) in [6.07, 6.45) is 1.80. The number of aromatic nitrogens is 1. The number of guanidine groups is 1. The van der Waals surface area contributed by atoms with Gasteiger partial charge in [0.15, 0.2) is 6.19 Å². The van der Waals surface area contributed by atoms with Gasteiger partial charge in [-0.25, -0.2) is 9.98 Å². The monoisotopic (exact) mass is 334 g/mol. The summed E-state index contributed by atoms with van der Waals surface area (Å²) >= 11 is 0. The molecule has 0 radical (unpaired) electrons. The highest BCUT2D eigenvalue weighted by Gasteiger charge is 2.31. The largest absolute Gasteiger partial charge is 0.496 e. The zero-order valence-corrected chi connectivity index (χ0v) is 13.2. The fraction of sp³-hybridized carbons (Fsp3) is 0.125. The zero-order chi connectivity index (χ0) is 18.0. The molecule has 2 aromatic rings. The summed E-state index contributed by atoms with van der Waals surface area (Å²) in [7, 11) is 1.55. The van der Waals surface area contributed by atoms with Gasteiger partial charge < -0.3 is 21.5 Å². The predicted octanol–water partition coefficient (Wildman–Crippen LogP) is 1.07. The number of nitrogen functional groups attached to an aromatic ring is 2. The van der Waals surface area contributed by atoms with E-state index >= 15 is 0 Å². The first-order valence-corrected chi connectivity index (χ1v) is 7.22. The Labute approximate surface area is 143 Å². The van der Waals surface area contributed by atoms with Crippen molar-refractivity contribution < 1.29 is 4.74 Å². The van der Waals surface area contributed by atoms with Crippen molar-refractivity contribution >= 4 is 23.3 Å². The van der Waals surface area contributed by atoms with Crippen molar-refractivity contribution in [1.29, 1.82) is 10.5 Å². The molecule has 1 atom stereocenters. The molecule has 124 valence electrons. The van der Waals surface area contributed by atoms with E-state index in [9.17, 15) is 5.26 Å². The number of fused-ring (bicyclic) bond motifs is 1. The molecule has 9 heteroatoms. The van der Waals surface area contributed by atoms with Gasteiger partial charge >= 0.3 is 0 Å². The fourth-order valence-corrected chi connectivity index (χ4v) is 2.70. The van der Waals surface area contributed by atoms with Gasteiger partial charge in [0.05, 0.1) is 12.8 Å². The van der Waals surface area contributed by atoms with Crippen LogP contribution in [0.1, 0.15) is 22.7 Å². The molecule has 0 spiro atoms. The van der Waals surface area contributed by atoms with Crippen molar-refractivity contribution in [2.75, 3.05) is 23.9 Å². The van der Waals surface area contributed by atoms with Gasteiger partial charge in [-0.3, -0.25) is 5.32 Å². The summed E-state index contributed by atoms with van der Waals surface area (Å²) < 4.78 is 5.40. The number of para-hydroxylation sites is 1. The fourth-order valence-electron chi connectivity index (χ4n) is 2.70. The number of ether oxygens (including phenoxy) is 1. The third-order valence-corrected chi connectivity index (χ3v) is 3.79. The molecule has 9 nitrogen and oxygen atoms in total. The van der Waals surface area contributed by atoms with E-state index in [4.69, 9.17) is 21.5 Å². The number of rotatable bonds is 2. The summed E-state index contributed by atoms with van der Waals surface area (Å²) in [5, 5.41) is 23.5. The number of nitrogens with zero attached hydrogens (tertiary/aromatic N) is 4. The van der Waals surface area contributed by atoms with Gasteiger partial charge in [-0.05, 0) is 6.07 Å². The molecule has 2 heterocycles. The topological polar surface area (TPSA) is 158 Å². The molecule has 0 aliphatic carbocycles. The molecule has 0 bridgehead atoms. The lowest BCUT2D eigenvalue weighted by molar-refractivity contribution is 0.408. The lowest BCUT2D eigenvalue weighted by atomic mass is 9.94. The SMILES string of the molecule is COc1ccccc1C1N=C(NC#N)Nc2nc(N)c(C#N)c(N)c21. The van der Waals surface area contributed by atoms with Crippen molar-refractivity contribution in [3.8, 4) is 18.0 Å². The van der Waals surface area contributed by atoms with Crippen LogP contribution >= 0.6 is 0 Å². The molecule has 3 rings (SSSR count). The molecule has 0 saturated heterocycles. The molecule has 1 unspecified atom stereocenters. The van der Waals surface area contributed by atoms with E-state index in [0.717, 1.165) is 0 Å². The molecule has 25 heavy (non-hydrogen) atoms. The Morgan fingerprint density at radius 3 is 2.72 bits per heavy atom. The van der Waals surface area contributed by atoms with Crippen molar-refractivity contribution in [3.63, 3.8) is 0 Å². The number of aliphatic imine (C=N–C) groups is 1. The zero-order valence-electron chi connectivity index (χ0n) is 13.2. The van der Waals surface area contributed by atoms with Gasteiger partial charge in [0.25, 0.3) is 0 Å². The van der Waals surface area contributed by atoms with Crippen molar-refractivity contribution in [2.24, 2.45) is 4.99 Å². The molecule has 1 aromatic carbocycles. The van der Waals surface area contributed by atoms with Crippen LogP contribution in [-0.4, -0.2) is 18.1 Å². The number of methoxy groups -OCH3 is 1. The molecule has 1 aliphatic rings. The number of hydrogen-bond donors (Lipinski definition) is 4. The van der Waals surface area contributed by atoms with Crippen LogP contribution in [0.5, 0.6) is 5.75 Å². The lowest BCUT2D eigenvalue weighted by Crippen LogP contribution is -2.32. The second kappa shape index (κ2) is 6.26. The van der Waals surface area contributed by atoms with E-state index in [1.54, 1.807) is 19.4 Å². The van der Waals surface area contributed by atoms with Crippen LogP contribution in [0.15, 0.2) is 29.3 Å². The summed E-state index contributed by atoms with van der Waals surface area (Å²) in [4.78, 5) is 8.68. The highest BCUT2D eigenvalue weighted by atomic mass is 16.5. The minimum atomic E-state index is -0.622. The van der Waals surface area contributed by atoms with E-state index in [2.05, 4.69) is 20.6 Å². The first-order chi connectivity index (χ1) is 12.1. The third-order valence-electron chi connectivity index (χ3n) is 3.79. The van der Waals surface area contributed by atoms with Crippen LogP contribution in [0, 0.1) is 22.8 Å². The second-order valence-corrected chi connectivity index (χ2v) is 5.14. The van der Waals surface area contributed by atoms with Crippen LogP contribution in [-0.2, 0) is 0 Å². The first kappa shape index (κ1) is 15.9. The van der Waals surface area contributed by atoms with E-state index < -0.39 is 6.04 Å². The van der Waals surface area contributed by atoms with Crippen molar-refractivity contribution in [2.45, 2.75) is 6.04 Å². The summed E-state index contributed by atoms with van der Waals surface area (Å²) in [5.74, 6) is 1.12. The highest BCUT2D eigenvalue weighted by molar-refractivity contribution is 5.98. The van der Waals surface area contributed by atoms with E-state index in [1.165, 1.54) is 0 Å². The molecular weight excluding hydrogens is 320 g/mol. The van der Waals surface area contributed by atoms with Gasteiger partial charge in [-0.15, -0.1) is 0 Å². The Hall–Kier alpha value is -3.98. The van der Waals surface area contributed by atoms with Crippen LogP contribution in [0.3, 0.4) is 0 Å². The maximum atomic E-state index is 9.31. The van der Waals surface area contributed by atoms with Crippen LogP contribution in [0.25, 0.3) is 0 Å². The number of nitrogens with two attached hydrogens (primary N) is 2. The Kier molecular flexibility index (Phi) is 3.98. The van der Waals surface area contributed by atoms with Gasteiger partial charge in [0.2, 0.25) is 5.96 Å². The van der Waals surface area contributed by atoms with Gasteiger partial charge in [0.1, 0.15) is 35.1 Å². The maximum Gasteiger partial charge on any atom is 0.211 e. The van der Waals surface area contributed by atoms with Crippen LogP contribution in [0.2, 0.25) is 0 Å². The van der Waals surface area contributed by atoms with Crippen LogP contribution in [0.4, 0.5) is 17.3 Å². The Balaban J connectivity index is 2.28. The molecular formula is C16H14N8O. The average Bonchev–Trinajstić information content (AvgIpc) is 2.61. The maximum absolute atomic E-state index is 9.31. The van der Waals surface area contributed by atoms with Gasteiger partial charge in [0, 0.05) is 11.1 Å². The minimum absolute atomic E-state index is 0.00299. The molecule has 1 aliphatic heterocycles. The molecule has 1 aromatic heterocycles. The molecule has 0 saturated carbocycles. The average molecular weight is 334 g/mol. The lowest BCUT2D eigenvalue weighted by Gasteiger charge is -2.27. The Morgan fingerprint density at radius 1 is 1.28 bits per heavy atom. The second-order valence-electron chi connectivity index (χ2n) is 5.14. The molecule has 6 N–H and O–H groups in total. The smallest absolute Gasteiger partial charge is 0.211 e. The normalized spacial score (nSPS) is 15.0. The number of nitriles is 2. The number of pyridine rings is 1. The number of anilines is 3. The summed E-state index contributed by atoms with van der Waals surface area (Å²) in [6.45, 7) is 0. The quantitative estimate of drug-likeness (QED) is 0.469. The standard InChI is InChI=1S/C16H14N8O/c1-25-10-5-3-2-4-8(10)13-11-12(19)9(6-17)14(20)23-15(11)24-16(22-13)21-7-18/h2-5,13H,1H3,(H6,19,20,21,22,23,24). The number of hydrogen-bond acceptors (Lipinski definition) is 9. The minimum Gasteiger partial charge on any atom is -0.496 e. The first-order valence-electron chi connectivity index (χ1n) is 7.22. The van der Waals surface area contributed by atoms with E-state index in [0.29, 0.717) is 22.7 Å². The Bertz CT molecular complexity index is 954. The third kappa shape index (κ3) is 2.60.